The average Bonchev–Trinajstić information content (AvgIpc) is 2.61. The third-order valence-electron chi connectivity index (χ3n) is 3.84. The van der Waals surface area contributed by atoms with E-state index in [4.69, 9.17) is 0 Å². The number of aromatic hydroxyl groups is 2. The molecule has 0 amide bonds. The summed E-state index contributed by atoms with van der Waals surface area (Å²) in [6, 6.07) is 17.9. The van der Waals surface area contributed by atoms with Crippen molar-refractivity contribution in [1.29, 1.82) is 0 Å². The summed E-state index contributed by atoms with van der Waals surface area (Å²) in [7, 11) is 0. The first kappa shape index (κ1) is 14.1. The van der Waals surface area contributed by atoms with Gasteiger partial charge >= 0.3 is 0 Å². The molecule has 4 rings (SSSR count). The Kier molecular flexibility index (Phi) is 3.31. The topological polar surface area (TPSA) is 78.1 Å². The van der Waals surface area contributed by atoms with E-state index >= 15 is 0 Å². The predicted molar refractivity (Wildman–Crippen MR) is 93.2 cm³/mol. The molecule has 0 saturated heterocycles. The number of phenolic OH excluding ortho intramolecular Hbond substituents is 2. The van der Waals surface area contributed by atoms with Gasteiger partial charge in [-0.15, -0.1) is 10.2 Å². The molecule has 116 valence electrons. The first-order valence-electron chi connectivity index (χ1n) is 7.43. The molecule has 0 unspecified atom stereocenters. The Morgan fingerprint density at radius 2 is 1.54 bits per heavy atom. The zero-order valence-corrected chi connectivity index (χ0v) is 12.6. The van der Waals surface area contributed by atoms with Gasteiger partial charge in [-0.05, 0) is 12.1 Å². The summed E-state index contributed by atoms with van der Waals surface area (Å²) in [6.07, 6.45) is 1.70. The molecular weight excluding hydrogens is 302 g/mol. The molecule has 1 heterocycles. The second-order valence-corrected chi connectivity index (χ2v) is 5.36. The first-order chi connectivity index (χ1) is 11.7. The number of nitrogens with zero attached hydrogens (tertiary/aromatic N) is 3. The number of fused-ring (bicyclic) bond motifs is 2. The summed E-state index contributed by atoms with van der Waals surface area (Å²) >= 11 is 0. The van der Waals surface area contributed by atoms with E-state index in [9.17, 15) is 10.2 Å². The summed E-state index contributed by atoms with van der Waals surface area (Å²) in [4.78, 5) is 4.34. The van der Waals surface area contributed by atoms with Crippen molar-refractivity contribution in [3.63, 3.8) is 0 Å². The van der Waals surface area contributed by atoms with Gasteiger partial charge in [-0.1, -0.05) is 42.5 Å². The van der Waals surface area contributed by atoms with Crippen molar-refractivity contribution in [2.75, 3.05) is 0 Å². The van der Waals surface area contributed by atoms with Gasteiger partial charge in [0, 0.05) is 28.4 Å². The smallest absolute Gasteiger partial charge is 0.147 e. The fraction of sp³-hybridized carbons (Fsp3) is 0. The van der Waals surface area contributed by atoms with Crippen LogP contribution in [-0.2, 0) is 0 Å². The molecule has 0 bridgehead atoms. The molecule has 4 aromatic rings. The van der Waals surface area contributed by atoms with Gasteiger partial charge in [-0.25, -0.2) is 0 Å². The lowest BCUT2D eigenvalue weighted by Crippen LogP contribution is -1.79. The van der Waals surface area contributed by atoms with Crippen LogP contribution in [0.2, 0.25) is 0 Å². The number of hydrogen-bond donors (Lipinski definition) is 2. The van der Waals surface area contributed by atoms with Gasteiger partial charge in [-0.3, -0.25) is 4.98 Å². The predicted octanol–water partition coefficient (Wildman–Crippen LogP) is 5.21. The van der Waals surface area contributed by atoms with E-state index in [0.717, 1.165) is 10.9 Å². The number of phenols is 2. The maximum Gasteiger partial charge on any atom is 0.147 e. The zero-order valence-electron chi connectivity index (χ0n) is 12.6. The van der Waals surface area contributed by atoms with Crippen LogP contribution in [0, 0.1) is 0 Å². The maximum atomic E-state index is 10.2. The molecule has 0 aliphatic carbocycles. The zero-order chi connectivity index (χ0) is 16.5. The van der Waals surface area contributed by atoms with Crippen LogP contribution in [0.15, 0.2) is 77.1 Å². The molecule has 24 heavy (non-hydrogen) atoms. The van der Waals surface area contributed by atoms with E-state index in [2.05, 4.69) is 15.2 Å². The second-order valence-electron chi connectivity index (χ2n) is 5.36. The van der Waals surface area contributed by atoms with Crippen LogP contribution in [0.5, 0.6) is 11.5 Å². The number of aromatic nitrogens is 1. The minimum atomic E-state index is -0.122. The van der Waals surface area contributed by atoms with E-state index in [1.165, 1.54) is 6.07 Å². The standard InChI is InChI=1S/C19H13N3O2/c23-16-11-17(24)19(14-8-2-1-7-13(14)16)22-21-15-9-3-5-12-6-4-10-20-18(12)15/h1-11,23-24H/b22-21+. The van der Waals surface area contributed by atoms with Crippen molar-refractivity contribution >= 4 is 33.1 Å². The van der Waals surface area contributed by atoms with E-state index < -0.39 is 0 Å². The maximum absolute atomic E-state index is 10.2. The lowest BCUT2D eigenvalue weighted by molar-refractivity contribution is 0.456. The third kappa shape index (κ3) is 2.32. The molecule has 0 aliphatic heterocycles. The van der Waals surface area contributed by atoms with Gasteiger partial charge in [-0.2, -0.15) is 0 Å². The highest BCUT2D eigenvalue weighted by atomic mass is 16.3. The normalized spacial score (nSPS) is 11.5. The van der Waals surface area contributed by atoms with Crippen molar-refractivity contribution in [3.05, 3.63) is 66.9 Å². The van der Waals surface area contributed by atoms with Gasteiger partial charge in [0.05, 0.1) is 5.52 Å². The van der Waals surface area contributed by atoms with E-state index in [0.29, 0.717) is 22.1 Å². The molecule has 0 atom stereocenters. The molecule has 5 nitrogen and oxygen atoms in total. The first-order valence-corrected chi connectivity index (χ1v) is 7.43. The van der Waals surface area contributed by atoms with Crippen LogP contribution in [0.3, 0.4) is 0 Å². The molecule has 2 N–H and O–H groups in total. The second kappa shape index (κ2) is 5.62. The van der Waals surface area contributed by atoms with Gasteiger partial charge in [0.1, 0.15) is 22.9 Å². The lowest BCUT2D eigenvalue weighted by atomic mass is 10.1. The van der Waals surface area contributed by atoms with Crippen LogP contribution >= 0.6 is 0 Å². The quantitative estimate of drug-likeness (QED) is 0.498. The Labute approximate surface area is 137 Å². The molecule has 1 aromatic heterocycles. The van der Waals surface area contributed by atoms with E-state index in [1.54, 1.807) is 18.3 Å². The molecular formula is C19H13N3O2. The minimum absolute atomic E-state index is 0.00822. The minimum Gasteiger partial charge on any atom is -0.507 e. The largest absolute Gasteiger partial charge is 0.507 e. The summed E-state index contributed by atoms with van der Waals surface area (Å²) in [5.41, 5.74) is 1.67. The number of pyridine rings is 1. The van der Waals surface area contributed by atoms with E-state index in [1.807, 2.05) is 42.5 Å². The van der Waals surface area contributed by atoms with Crippen LogP contribution in [0.25, 0.3) is 21.7 Å². The molecule has 0 saturated carbocycles. The summed E-state index contributed by atoms with van der Waals surface area (Å²) in [5, 5.41) is 30.8. The van der Waals surface area contributed by atoms with Crippen LogP contribution in [-0.4, -0.2) is 15.2 Å². The molecule has 5 heteroatoms. The molecule has 0 spiro atoms. The Balaban J connectivity index is 1.89. The monoisotopic (exact) mass is 315 g/mol. The van der Waals surface area contributed by atoms with Crippen molar-refractivity contribution in [2.24, 2.45) is 10.2 Å². The van der Waals surface area contributed by atoms with Crippen molar-refractivity contribution < 1.29 is 10.2 Å². The van der Waals surface area contributed by atoms with Gasteiger partial charge in [0.15, 0.2) is 0 Å². The van der Waals surface area contributed by atoms with Crippen LogP contribution < -0.4 is 0 Å². The van der Waals surface area contributed by atoms with Crippen molar-refractivity contribution in [1.82, 2.24) is 4.98 Å². The number of azo groups is 1. The van der Waals surface area contributed by atoms with E-state index in [-0.39, 0.29) is 11.5 Å². The summed E-state index contributed by atoms with van der Waals surface area (Å²) < 4.78 is 0. The Morgan fingerprint density at radius 3 is 2.42 bits per heavy atom. The van der Waals surface area contributed by atoms with Crippen LogP contribution in [0.1, 0.15) is 0 Å². The van der Waals surface area contributed by atoms with Crippen molar-refractivity contribution in [2.45, 2.75) is 0 Å². The third-order valence-corrected chi connectivity index (χ3v) is 3.84. The summed E-state index contributed by atoms with van der Waals surface area (Å²) in [6.45, 7) is 0. The lowest BCUT2D eigenvalue weighted by Gasteiger charge is -2.06. The number of para-hydroxylation sites is 1. The average molecular weight is 315 g/mol. The molecule has 0 radical (unpaired) electrons. The molecule has 0 aliphatic rings. The highest BCUT2D eigenvalue weighted by molar-refractivity contribution is 5.99. The fourth-order valence-electron chi connectivity index (χ4n) is 2.70. The molecule has 3 aromatic carbocycles. The number of rotatable bonds is 2. The highest BCUT2D eigenvalue weighted by Gasteiger charge is 2.11. The Bertz CT molecular complexity index is 1090. The molecule has 0 fully saturated rings. The number of benzene rings is 3. The van der Waals surface area contributed by atoms with Crippen LogP contribution in [0.4, 0.5) is 11.4 Å². The van der Waals surface area contributed by atoms with Gasteiger partial charge < -0.3 is 10.2 Å². The van der Waals surface area contributed by atoms with Gasteiger partial charge in [0.25, 0.3) is 0 Å². The van der Waals surface area contributed by atoms with Gasteiger partial charge in [0.2, 0.25) is 0 Å². The SMILES string of the molecule is Oc1cc(O)c2ccccc2c1/N=N/c1cccc2cccnc12. The summed E-state index contributed by atoms with van der Waals surface area (Å²) in [5.74, 6) is -0.114. The Morgan fingerprint density at radius 1 is 0.750 bits per heavy atom. The number of hydrogen-bond acceptors (Lipinski definition) is 5. The fourth-order valence-corrected chi connectivity index (χ4v) is 2.70. The Hall–Kier alpha value is -3.47. The highest BCUT2D eigenvalue weighted by Crippen LogP contribution is 2.41. The van der Waals surface area contributed by atoms with Crippen molar-refractivity contribution in [3.8, 4) is 11.5 Å².